The van der Waals surface area contributed by atoms with E-state index in [1.54, 1.807) is 0 Å². The first-order valence-electron chi connectivity index (χ1n) is 8.52. The Labute approximate surface area is 162 Å². The van der Waals surface area contributed by atoms with Gasteiger partial charge in [-0.3, -0.25) is 9.69 Å². The van der Waals surface area contributed by atoms with Gasteiger partial charge in [0.1, 0.15) is 12.7 Å². The van der Waals surface area contributed by atoms with Gasteiger partial charge in [-0.05, 0) is 25.7 Å². The Bertz CT molecular complexity index is 574. The first-order valence-corrected chi connectivity index (χ1v) is 8.52. The summed E-state index contributed by atoms with van der Waals surface area (Å²) in [4.78, 5) is 12.4. The van der Waals surface area contributed by atoms with E-state index in [0.29, 0.717) is 0 Å². The van der Waals surface area contributed by atoms with Gasteiger partial charge in [0.2, 0.25) is 11.5 Å². The molecule has 0 fully saturated rings. The lowest BCUT2D eigenvalue weighted by Crippen LogP contribution is -3.06. The van der Waals surface area contributed by atoms with Crippen molar-refractivity contribution in [1.82, 2.24) is 0 Å². The zero-order valence-corrected chi connectivity index (χ0v) is 16.2. The van der Waals surface area contributed by atoms with E-state index in [9.17, 15) is 9.90 Å². The smallest absolute Gasteiger partial charge is 0.231 e. The predicted octanol–water partition coefficient (Wildman–Crippen LogP) is -4.91. The van der Waals surface area contributed by atoms with Crippen LogP contribution in [0.1, 0.15) is 38.2 Å². The monoisotopic (exact) mass is 386 g/mol. The zero-order chi connectivity index (χ0) is 16.5. The van der Waals surface area contributed by atoms with Crippen molar-refractivity contribution in [2.45, 2.75) is 39.2 Å². The summed E-state index contributed by atoms with van der Waals surface area (Å²) in [6.45, 7) is 4.98. The van der Waals surface area contributed by atoms with Crippen molar-refractivity contribution >= 4 is 5.78 Å². The van der Waals surface area contributed by atoms with E-state index in [0.717, 1.165) is 30.1 Å². The Morgan fingerprint density at radius 1 is 1.04 bits per heavy atom. The van der Waals surface area contributed by atoms with Crippen LogP contribution in [-0.4, -0.2) is 24.0 Å². The van der Waals surface area contributed by atoms with Gasteiger partial charge < -0.3 is 35.2 Å². The van der Waals surface area contributed by atoms with E-state index < -0.39 is 0 Å². The molecule has 1 aromatic rings. The maximum absolute atomic E-state index is 11.3. The van der Waals surface area contributed by atoms with Crippen LogP contribution in [0, 0.1) is 0 Å². The highest BCUT2D eigenvalue weighted by Crippen LogP contribution is 2.02. The number of nitrogens with one attached hydrogen (secondary N) is 1. The molecule has 25 heavy (non-hydrogen) atoms. The third kappa shape index (κ3) is 8.06. The lowest BCUT2D eigenvalue weighted by molar-refractivity contribution is -0.807. The van der Waals surface area contributed by atoms with Crippen molar-refractivity contribution in [2.75, 3.05) is 13.1 Å². The van der Waals surface area contributed by atoms with Gasteiger partial charge in [-0.15, -0.1) is 0 Å². The van der Waals surface area contributed by atoms with E-state index in [4.69, 9.17) is 0 Å². The van der Waals surface area contributed by atoms with E-state index in [1.807, 2.05) is 13.1 Å². The van der Waals surface area contributed by atoms with Gasteiger partial charge in [-0.2, -0.15) is 0 Å². The van der Waals surface area contributed by atoms with Crippen LogP contribution in [0.5, 0.6) is 0 Å². The maximum atomic E-state index is 11.3. The standard InChI is InChI=1S/C19H26N2O2.2ClH/c1-16-19(23)18(22)11-14-21(16)13-8-3-2-7-12-20-15-17-9-5-4-6-10-17;;/h4-6,9-11,14,20,23H,2-3,7-8,12-13,15H2,1H3;2*1H. The maximum Gasteiger partial charge on any atom is 0.231 e. The number of rotatable bonds is 9. The first-order chi connectivity index (χ1) is 11.2. The number of carbonyl (C=O) groups excluding carboxylic acids is 1. The molecule has 2 rings (SSSR count). The second-order valence-electron chi connectivity index (χ2n) is 6.13. The molecular weight excluding hydrogens is 359 g/mol. The highest BCUT2D eigenvalue weighted by atomic mass is 35.5. The molecule has 1 atom stereocenters. The molecular formula is C19H28Cl2N2O2. The molecule has 4 N–H and O–H groups in total. The molecule has 0 radical (unpaired) electrons. The van der Waals surface area contributed by atoms with Crippen LogP contribution < -0.4 is 35.0 Å². The molecule has 140 valence electrons. The van der Waals surface area contributed by atoms with Gasteiger partial charge in [-0.25, -0.2) is 0 Å². The molecule has 1 aliphatic heterocycles. The molecule has 0 amide bonds. The summed E-state index contributed by atoms with van der Waals surface area (Å²) >= 11 is 0. The number of aliphatic hydroxyl groups excluding tert-OH is 1. The molecule has 1 aromatic carbocycles. The highest BCUT2D eigenvalue weighted by molar-refractivity contribution is 6.02. The lowest BCUT2D eigenvalue weighted by atomic mass is 10.1. The highest BCUT2D eigenvalue weighted by Gasteiger charge is 2.22. The fourth-order valence-corrected chi connectivity index (χ4v) is 2.83. The SMILES string of the molecule is CC1=C(O)C(=O)C=C[NH+]1CCCCCC[NH2+]Cc1ccccc1.[Cl-].[Cl-]. The molecule has 0 saturated heterocycles. The molecule has 0 spiro atoms. The van der Waals surface area contributed by atoms with Crippen molar-refractivity contribution in [1.29, 1.82) is 0 Å². The van der Waals surface area contributed by atoms with Crippen LogP contribution >= 0.6 is 0 Å². The Hall–Kier alpha value is -1.33. The summed E-state index contributed by atoms with van der Waals surface area (Å²) in [6, 6.07) is 10.6. The molecule has 1 heterocycles. The van der Waals surface area contributed by atoms with E-state index in [-0.39, 0.29) is 36.4 Å². The summed E-state index contributed by atoms with van der Waals surface area (Å²) in [5.41, 5.74) is 2.12. The summed E-state index contributed by atoms with van der Waals surface area (Å²) in [5, 5.41) is 12.0. The number of benzene rings is 1. The predicted molar refractivity (Wildman–Crippen MR) is 90.7 cm³/mol. The van der Waals surface area contributed by atoms with Crippen LogP contribution in [0.4, 0.5) is 0 Å². The molecule has 4 nitrogen and oxygen atoms in total. The number of nitrogens with two attached hydrogens (primary N) is 1. The number of carbonyl (C=O) groups is 1. The number of ketones is 1. The number of aliphatic hydroxyl groups is 1. The number of hydrogen-bond acceptors (Lipinski definition) is 2. The summed E-state index contributed by atoms with van der Waals surface area (Å²) < 4.78 is 0. The molecule has 1 aliphatic rings. The van der Waals surface area contributed by atoms with E-state index in [2.05, 4.69) is 35.6 Å². The van der Waals surface area contributed by atoms with Crippen LogP contribution in [0.25, 0.3) is 0 Å². The minimum Gasteiger partial charge on any atom is -1.00 e. The third-order valence-corrected chi connectivity index (χ3v) is 4.33. The quantitative estimate of drug-likeness (QED) is 0.372. The summed E-state index contributed by atoms with van der Waals surface area (Å²) in [7, 11) is 0. The second-order valence-corrected chi connectivity index (χ2v) is 6.13. The van der Waals surface area contributed by atoms with E-state index >= 15 is 0 Å². The number of quaternary nitrogens is 2. The van der Waals surface area contributed by atoms with Gasteiger partial charge in [0.15, 0.2) is 5.70 Å². The Morgan fingerprint density at radius 3 is 2.44 bits per heavy atom. The first kappa shape index (κ1) is 23.7. The van der Waals surface area contributed by atoms with E-state index in [1.165, 1.54) is 37.4 Å². The minimum absolute atomic E-state index is 0. The fourth-order valence-electron chi connectivity index (χ4n) is 2.83. The van der Waals surface area contributed by atoms with Gasteiger partial charge >= 0.3 is 0 Å². The van der Waals surface area contributed by atoms with Crippen molar-refractivity contribution < 1.29 is 44.9 Å². The largest absolute Gasteiger partial charge is 1.00 e. The Kier molecular flexibility index (Phi) is 12.3. The van der Waals surface area contributed by atoms with Gasteiger partial charge in [0, 0.05) is 18.6 Å². The Morgan fingerprint density at radius 2 is 1.72 bits per heavy atom. The van der Waals surface area contributed by atoms with Crippen LogP contribution in [0.2, 0.25) is 0 Å². The number of unbranched alkanes of at least 4 members (excludes halogenated alkanes) is 3. The van der Waals surface area contributed by atoms with Gasteiger partial charge in [-0.1, -0.05) is 30.3 Å². The third-order valence-electron chi connectivity index (χ3n) is 4.33. The fraction of sp³-hybridized carbons (Fsp3) is 0.421. The molecule has 0 bridgehead atoms. The summed E-state index contributed by atoms with van der Waals surface area (Å²) in [6.07, 6.45) is 8.09. The number of halogens is 2. The van der Waals surface area contributed by atoms with Crippen molar-refractivity contribution in [3.63, 3.8) is 0 Å². The lowest BCUT2D eigenvalue weighted by Gasteiger charge is -2.18. The molecule has 1 unspecified atom stereocenters. The van der Waals surface area contributed by atoms with Crippen LogP contribution in [0.15, 0.2) is 54.1 Å². The number of allylic oxidation sites excluding steroid dienone is 2. The zero-order valence-electron chi connectivity index (χ0n) is 14.7. The van der Waals surface area contributed by atoms with Gasteiger partial charge in [0.25, 0.3) is 0 Å². The van der Waals surface area contributed by atoms with Gasteiger partial charge in [0.05, 0.1) is 13.1 Å². The molecule has 0 aliphatic carbocycles. The Balaban J connectivity index is 0.00000288. The average Bonchev–Trinajstić information content (AvgIpc) is 2.58. The molecule has 0 saturated carbocycles. The van der Waals surface area contributed by atoms with Crippen LogP contribution in [-0.2, 0) is 11.3 Å². The minimum atomic E-state index is -0.278. The normalized spacial score (nSPS) is 16.4. The second kappa shape index (κ2) is 13.0. The van der Waals surface area contributed by atoms with Crippen molar-refractivity contribution in [3.05, 3.63) is 59.6 Å². The molecule has 0 aromatic heterocycles. The molecule has 6 heteroatoms. The van der Waals surface area contributed by atoms with Crippen molar-refractivity contribution in [3.8, 4) is 0 Å². The average molecular weight is 387 g/mol. The topological polar surface area (TPSA) is 58.3 Å². The van der Waals surface area contributed by atoms with Crippen LogP contribution in [0.3, 0.4) is 0 Å². The van der Waals surface area contributed by atoms with Crippen molar-refractivity contribution in [2.24, 2.45) is 0 Å². The summed E-state index contributed by atoms with van der Waals surface area (Å²) in [5.74, 6) is -0.363. The number of hydrogen-bond donors (Lipinski definition) is 3.